The Hall–Kier alpha value is -3.42. The Morgan fingerprint density at radius 1 is 1.09 bits per heavy atom. The molecule has 0 spiro atoms. The van der Waals surface area contributed by atoms with Crippen molar-refractivity contribution in [3.63, 3.8) is 0 Å². The molecule has 0 aliphatic rings. The van der Waals surface area contributed by atoms with Gasteiger partial charge < -0.3 is 29.0 Å². The molecule has 0 unspecified atom stereocenters. The zero-order valence-electron chi connectivity index (χ0n) is 21.1. The molecule has 0 saturated heterocycles. The standard InChI is InChI=1S/C26H37N3O5/c1-8-14-29(25(31)27-26(3,4)5)18-24(30)28(17-21-11-9-19(2)34-21)15-13-20-10-12-22(32-6)23(16-20)33-7/h8-12,16H,1,13-15,17-18H2,2-7H3,(H,27,31). The van der Waals surface area contributed by atoms with E-state index in [1.54, 1.807) is 25.2 Å². The molecule has 186 valence electrons. The lowest BCUT2D eigenvalue weighted by atomic mass is 10.1. The number of furan rings is 1. The van der Waals surface area contributed by atoms with Gasteiger partial charge in [-0.1, -0.05) is 12.1 Å². The number of methoxy groups -OCH3 is 2. The molecule has 0 fully saturated rings. The van der Waals surface area contributed by atoms with Crippen LogP contribution in [0, 0.1) is 6.92 Å². The Bertz CT molecular complexity index is 977. The number of amides is 3. The van der Waals surface area contributed by atoms with Crippen molar-refractivity contribution in [3.05, 3.63) is 60.1 Å². The predicted molar refractivity (Wildman–Crippen MR) is 132 cm³/mol. The van der Waals surface area contributed by atoms with E-state index in [0.717, 1.165) is 11.3 Å². The van der Waals surface area contributed by atoms with Crippen LogP contribution in [0.5, 0.6) is 11.5 Å². The molecule has 1 N–H and O–H groups in total. The number of carbonyl (C=O) groups is 2. The van der Waals surface area contributed by atoms with Gasteiger partial charge in [0.1, 0.15) is 18.1 Å². The fourth-order valence-corrected chi connectivity index (χ4v) is 3.39. The van der Waals surface area contributed by atoms with E-state index in [1.807, 2.05) is 58.0 Å². The van der Waals surface area contributed by atoms with Crippen LogP contribution in [0.4, 0.5) is 4.79 Å². The van der Waals surface area contributed by atoms with E-state index in [4.69, 9.17) is 13.9 Å². The third kappa shape index (κ3) is 8.17. The van der Waals surface area contributed by atoms with Crippen LogP contribution in [0.15, 0.2) is 47.4 Å². The maximum Gasteiger partial charge on any atom is 0.318 e. The van der Waals surface area contributed by atoms with E-state index in [9.17, 15) is 9.59 Å². The van der Waals surface area contributed by atoms with Gasteiger partial charge in [0.15, 0.2) is 11.5 Å². The van der Waals surface area contributed by atoms with Crippen LogP contribution in [0.25, 0.3) is 0 Å². The van der Waals surface area contributed by atoms with Crippen molar-refractivity contribution in [1.82, 2.24) is 15.1 Å². The van der Waals surface area contributed by atoms with Gasteiger partial charge in [-0.2, -0.15) is 0 Å². The number of hydrogen-bond donors (Lipinski definition) is 1. The Morgan fingerprint density at radius 3 is 2.35 bits per heavy atom. The number of rotatable bonds is 11. The molecular formula is C26H37N3O5. The van der Waals surface area contributed by atoms with Crippen molar-refractivity contribution in [1.29, 1.82) is 0 Å². The number of ether oxygens (including phenoxy) is 2. The molecule has 34 heavy (non-hydrogen) atoms. The van der Waals surface area contributed by atoms with E-state index >= 15 is 0 Å². The first-order valence-corrected chi connectivity index (χ1v) is 11.3. The molecule has 0 aliphatic carbocycles. The predicted octanol–water partition coefficient (Wildman–Crippen LogP) is 4.17. The molecule has 0 atom stereocenters. The molecule has 2 rings (SSSR count). The quantitative estimate of drug-likeness (QED) is 0.497. The maximum absolute atomic E-state index is 13.3. The third-order valence-electron chi connectivity index (χ3n) is 5.06. The number of carbonyl (C=O) groups excluding carboxylic acids is 2. The molecule has 1 heterocycles. The molecule has 2 aromatic rings. The second-order valence-electron chi connectivity index (χ2n) is 9.12. The highest BCUT2D eigenvalue weighted by Crippen LogP contribution is 2.27. The van der Waals surface area contributed by atoms with Gasteiger partial charge in [-0.15, -0.1) is 6.58 Å². The van der Waals surface area contributed by atoms with Gasteiger partial charge in [0.2, 0.25) is 5.91 Å². The van der Waals surface area contributed by atoms with Crippen molar-refractivity contribution < 1.29 is 23.5 Å². The normalized spacial score (nSPS) is 11.0. The molecule has 0 aliphatic heterocycles. The van der Waals surface area contributed by atoms with E-state index < -0.39 is 5.54 Å². The second-order valence-corrected chi connectivity index (χ2v) is 9.12. The lowest BCUT2D eigenvalue weighted by Crippen LogP contribution is -2.51. The van der Waals surface area contributed by atoms with Crippen molar-refractivity contribution >= 4 is 11.9 Å². The maximum atomic E-state index is 13.3. The van der Waals surface area contributed by atoms with E-state index in [-0.39, 0.29) is 25.0 Å². The van der Waals surface area contributed by atoms with Crippen LogP contribution in [0.2, 0.25) is 0 Å². The number of nitrogens with zero attached hydrogens (tertiary/aromatic N) is 2. The zero-order chi connectivity index (χ0) is 25.3. The first kappa shape index (κ1) is 26.8. The minimum absolute atomic E-state index is 0.0699. The Labute approximate surface area is 202 Å². The first-order valence-electron chi connectivity index (χ1n) is 11.3. The lowest BCUT2D eigenvalue weighted by molar-refractivity contribution is -0.132. The highest BCUT2D eigenvalue weighted by atomic mass is 16.5. The fraction of sp³-hybridized carbons (Fsp3) is 0.462. The number of benzene rings is 1. The van der Waals surface area contributed by atoms with Gasteiger partial charge in [0.25, 0.3) is 0 Å². The number of nitrogens with one attached hydrogen (secondary N) is 1. The Morgan fingerprint density at radius 2 is 1.79 bits per heavy atom. The molecule has 8 nitrogen and oxygen atoms in total. The molecule has 1 aromatic heterocycles. The van der Waals surface area contributed by atoms with Gasteiger partial charge in [-0.25, -0.2) is 4.79 Å². The minimum atomic E-state index is -0.418. The van der Waals surface area contributed by atoms with Crippen molar-refractivity contribution in [2.45, 2.75) is 46.2 Å². The second kappa shape index (κ2) is 12.2. The van der Waals surface area contributed by atoms with Gasteiger partial charge >= 0.3 is 6.03 Å². The van der Waals surface area contributed by atoms with Crippen LogP contribution < -0.4 is 14.8 Å². The van der Waals surface area contributed by atoms with E-state index in [2.05, 4.69) is 11.9 Å². The third-order valence-corrected chi connectivity index (χ3v) is 5.06. The van der Waals surface area contributed by atoms with Crippen molar-refractivity contribution in [2.24, 2.45) is 0 Å². The highest BCUT2D eigenvalue weighted by Gasteiger charge is 2.24. The molecule has 0 radical (unpaired) electrons. The molecule has 0 saturated carbocycles. The summed E-state index contributed by atoms with van der Waals surface area (Å²) in [7, 11) is 3.18. The summed E-state index contributed by atoms with van der Waals surface area (Å²) in [6.07, 6.45) is 2.21. The van der Waals surface area contributed by atoms with Crippen LogP contribution in [0.3, 0.4) is 0 Å². The van der Waals surface area contributed by atoms with Gasteiger partial charge in [0.05, 0.1) is 20.8 Å². The molecule has 1 aromatic carbocycles. The number of aryl methyl sites for hydroxylation is 1. The number of hydrogen-bond acceptors (Lipinski definition) is 5. The minimum Gasteiger partial charge on any atom is -0.493 e. The summed E-state index contributed by atoms with van der Waals surface area (Å²) in [5.41, 5.74) is 0.581. The highest BCUT2D eigenvalue weighted by molar-refractivity contribution is 5.84. The number of urea groups is 1. The summed E-state index contributed by atoms with van der Waals surface area (Å²) in [4.78, 5) is 29.2. The Balaban J connectivity index is 2.18. The SMILES string of the molecule is C=CCN(CC(=O)N(CCc1ccc(OC)c(OC)c1)Cc1ccc(C)o1)C(=O)NC(C)(C)C. The van der Waals surface area contributed by atoms with Gasteiger partial charge in [-0.05, 0) is 63.9 Å². The molecule has 8 heteroatoms. The van der Waals surface area contributed by atoms with E-state index in [0.29, 0.717) is 36.8 Å². The molecule has 3 amide bonds. The smallest absolute Gasteiger partial charge is 0.318 e. The summed E-state index contributed by atoms with van der Waals surface area (Å²) in [5.74, 6) is 2.57. The van der Waals surface area contributed by atoms with Crippen LogP contribution in [0.1, 0.15) is 37.9 Å². The van der Waals surface area contributed by atoms with Crippen LogP contribution in [-0.2, 0) is 17.8 Å². The fourth-order valence-electron chi connectivity index (χ4n) is 3.39. The molecular weight excluding hydrogens is 434 g/mol. The average Bonchev–Trinajstić information content (AvgIpc) is 3.19. The van der Waals surface area contributed by atoms with Crippen LogP contribution in [-0.4, -0.2) is 61.1 Å². The van der Waals surface area contributed by atoms with Crippen molar-refractivity contribution in [2.75, 3.05) is 33.9 Å². The lowest BCUT2D eigenvalue weighted by Gasteiger charge is -2.29. The van der Waals surface area contributed by atoms with Gasteiger partial charge in [0, 0.05) is 18.6 Å². The van der Waals surface area contributed by atoms with Gasteiger partial charge in [-0.3, -0.25) is 4.79 Å². The summed E-state index contributed by atoms with van der Waals surface area (Å²) >= 11 is 0. The Kier molecular flexibility index (Phi) is 9.59. The summed E-state index contributed by atoms with van der Waals surface area (Å²) in [6, 6.07) is 9.11. The van der Waals surface area contributed by atoms with Crippen LogP contribution >= 0.6 is 0 Å². The largest absolute Gasteiger partial charge is 0.493 e. The van der Waals surface area contributed by atoms with Crippen molar-refractivity contribution in [3.8, 4) is 11.5 Å². The zero-order valence-corrected chi connectivity index (χ0v) is 21.1. The summed E-state index contributed by atoms with van der Waals surface area (Å²) < 4.78 is 16.4. The molecule has 0 bridgehead atoms. The summed E-state index contributed by atoms with van der Waals surface area (Å²) in [6.45, 7) is 12.2. The average molecular weight is 472 g/mol. The van der Waals surface area contributed by atoms with E-state index in [1.165, 1.54) is 4.90 Å². The summed E-state index contributed by atoms with van der Waals surface area (Å²) in [5, 5.41) is 2.91. The first-order chi connectivity index (χ1) is 16.1. The monoisotopic (exact) mass is 471 g/mol. The topological polar surface area (TPSA) is 84.2 Å².